The second-order valence-electron chi connectivity index (χ2n) is 7.08. The van der Waals surface area contributed by atoms with Gasteiger partial charge in [-0.1, -0.05) is 50.6 Å². The maximum absolute atomic E-state index is 11.9. The Morgan fingerprint density at radius 1 is 1.04 bits per heavy atom. The van der Waals surface area contributed by atoms with E-state index in [0.29, 0.717) is 10.8 Å². The molecule has 0 spiro atoms. The smallest absolute Gasteiger partial charge is 0.276 e. The van der Waals surface area contributed by atoms with Crippen LogP contribution in [-0.2, 0) is 21.4 Å². The molecule has 2 aromatic rings. The molecule has 0 aliphatic carbocycles. The van der Waals surface area contributed by atoms with Crippen LogP contribution in [0.4, 0.5) is 0 Å². The van der Waals surface area contributed by atoms with Gasteiger partial charge in [-0.3, -0.25) is 20.4 Å². The maximum Gasteiger partial charge on any atom is 0.276 e. The molecule has 7 heteroatoms. The van der Waals surface area contributed by atoms with Crippen molar-refractivity contribution in [1.82, 2.24) is 10.9 Å². The zero-order chi connectivity index (χ0) is 20.0. The molecule has 0 aliphatic rings. The van der Waals surface area contributed by atoms with Crippen LogP contribution in [0.25, 0.3) is 0 Å². The lowest BCUT2D eigenvalue weighted by Gasteiger charge is -2.20. The number of nitrogens with one attached hydrogen (secondary N) is 2. The lowest BCUT2D eigenvalue weighted by Crippen LogP contribution is -2.44. The third-order valence-electron chi connectivity index (χ3n) is 3.78. The van der Waals surface area contributed by atoms with Crippen LogP contribution in [0.15, 0.2) is 46.9 Å². The van der Waals surface area contributed by atoms with Crippen molar-refractivity contribution in [3.05, 3.63) is 63.1 Å². The molecular weight excluding hydrogens is 432 g/mol. The van der Waals surface area contributed by atoms with Crippen molar-refractivity contribution in [2.45, 2.75) is 32.6 Å². The average Bonchev–Trinajstić information content (AvgIpc) is 2.60. The summed E-state index contributed by atoms with van der Waals surface area (Å²) in [6, 6.07) is 12.7. The second kappa shape index (κ2) is 9.24. The fraction of sp³-hybridized carbons (Fsp3) is 0.300. The lowest BCUT2D eigenvalue weighted by atomic mass is 9.87. The van der Waals surface area contributed by atoms with Gasteiger partial charge in [0.2, 0.25) is 5.91 Å². The molecule has 0 unspecified atom stereocenters. The minimum absolute atomic E-state index is 0.0206. The van der Waals surface area contributed by atoms with Crippen molar-refractivity contribution in [2.24, 2.45) is 0 Å². The molecule has 27 heavy (non-hydrogen) atoms. The summed E-state index contributed by atoms with van der Waals surface area (Å²) in [5, 5.41) is 0.603. The van der Waals surface area contributed by atoms with Gasteiger partial charge in [0, 0.05) is 5.02 Å². The molecule has 2 amide bonds. The number of ether oxygens (including phenoxy) is 1. The summed E-state index contributed by atoms with van der Waals surface area (Å²) >= 11 is 9.26. The molecular formula is C20H22BrClN2O3. The first-order valence-electron chi connectivity index (χ1n) is 8.40. The molecule has 0 bridgehead atoms. The number of hydrazine groups is 1. The Morgan fingerprint density at radius 2 is 1.67 bits per heavy atom. The van der Waals surface area contributed by atoms with Crippen LogP contribution in [0.2, 0.25) is 5.02 Å². The summed E-state index contributed by atoms with van der Waals surface area (Å²) in [5.41, 5.74) is 6.67. The molecule has 2 N–H and O–H groups in total. The number of carbonyl (C=O) groups is 2. The molecule has 2 aromatic carbocycles. The lowest BCUT2D eigenvalue weighted by molar-refractivity contribution is -0.129. The predicted octanol–water partition coefficient (Wildman–Crippen LogP) is 4.17. The zero-order valence-corrected chi connectivity index (χ0v) is 17.8. The molecule has 0 saturated carbocycles. The van der Waals surface area contributed by atoms with Crippen molar-refractivity contribution in [1.29, 1.82) is 0 Å². The fourth-order valence-electron chi connectivity index (χ4n) is 2.24. The van der Waals surface area contributed by atoms with Crippen LogP contribution in [0.1, 0.15) is 31.9 Å². The number of amides is 2. The molecule has 0 aromatic heterocycles. The Hall–Kier alpha value is -2.05. The third-order valence-corrected chi connectivity index (χ3v) is 4.65. The number of rotatable bonds is 5. The standard InChI is InChI=1S/C20H22BrClN2O3/c1-20(2,3)14-6-9-17(16(21)11-14)27-12-19(26)24-23-18(25)10-13-4-7-15(22)8-5-13/h4-9,11H,10,12H2,1-3H3,(H,23,25)(H,24,26). The van der Waals surface area contributed by atoms with Crippen LogP contribution in [-0.4, -0.2) is 18.4 Å². The van der Waals surface area contributed by atoms with Gasteiger partial charge in [0.25, 0.3) is 5.91 Å². The maximum atomic E-state index is 11.9. The van der Waals surface area contributed by atoms with Crippen molar-refractivity contribution in [3.63, 3.8) is 0 Å². The second-order valence-corrected chi connectivity index (χ2v) is 8.37. The van der Waals surface area contributed by atoms with Gasteiger partial charge >= 0.3 is 0 Å². The Labute approximate surface area is 172 Å². The SMILES string of the molecule is CC(C)(C)c1ccc(OCC(=O)NNC(=O)Cc2ccc(Cl)cc2)c(Br)c1. The Bertz CT molecular complexity index is 817. The first-order chi connectivity index (χ1) is 12.6. The summed E-state index contributed by atoms with van der Waals surface area (Å²) < 4.78 is 6.28. The van der Waals surface area contributed by atoms with Gasteiger partial charge in [0.1, 0.15) is 5.75 Å². The minimum Gasteiger partial charge on any atom is -0.483 e. The summed E-state index contributed by atoms with van der Waals surface area (Å²) in [5.74, 6) is -0.224. The summed E-state index contributed by atoms with van der Waals surface area (Å²) in [4.78, 5) is 23.7. The molecule has 5 nitrogen and oxygen atoms in total. The van der Waals surface area contributed by atoms with Crippen molar-refractivity contribution >= 4 is 39.3 Å². The Kier molecular flexibility index (Phi) is 7.27. The highest BCUT2D eigenvalue weighted by molar-refractivity contribution is 9.10. The number of carbonyl (C=O) groups excluding carboxylic acids is 2. The van der Waals surface area contributed by atoms with E-state index in [1.807, 2.05) is 18.2 Å². The van der Waals surface area contributed by atoms with Crippen LogP contribution < -0.4 is 15.6 Å². The molecule has 0 fully saturated rings. The van der Waals surface area contributed by atoms with Gasteiger partial charge in [-0.25, -0.2) is 0 Å². The Morgan fingerprint density at radius 3 is 2.26 bits per heavy atom. The first kappa shape index (κ1) is 21.3. The third kappa shape index (κ3) is 6.88. The summed E-state index contributed by atoms with van der Waals surface area (Å²) in [6.07, 6.45) is 0.137. The fourth-order valence-corrected chi connectivity index (χ4v) is 2.85. The monoisotopic (exact) mass is 452 g/mol. The topological polar surface area (TPSA) is 67.4 Å². The van der Waals surface area contributed by atoms with E-state index >= 15 is 0 Å². The highest BCUT2D eigenvalue weighted by Crippen LogP contribution is 2.31. The highest BCUT2D eigenvalue weighted by atomic mass is 79.9. The number of benzene rings is 2. The molecule has 0 heterocycles. The Balaban J connectivity index is 1.79. The minimum atomic E-state index is -0.453. The number of hydrogen-bond acceptors (Lipinski definition) is 3. The van der Waals surface area contributed by atoms with Gasteiger partial charge in [0.05, 0.1) is 10.9 Å². The van der Waals surface area contributed by atoms with Gasteiger partial charge < -0.3 is 4.74 Å². The van der Waals surface area contributed by atoms with E-state index in [9.17, 15) is 9.59 Å². The van der Waals surface area contributed by atoms with E-state index < -0.39 is 5.91 Å². The van der Waals surface area contributed by atoms with E-state index in [4.69, 9.17) is 16.3 Å². The normalized spacial score (nSPS) is 11.0. The van der Waals surface area contributed by atoms with Gasteiger partial charge in [-0.15, -0.1) is 0 Å². The highest BCUT2D eigenvalue weighted by Gasteiger charge is 2.15. The molecule has 2 rings (SSSR count). The quantitative estimate of drug-likeness (QED) is 0.668. The van der Waals surface area contributed by atoms with Crippen LogP contribution in [0.5, 0.6) is 5.75 Å². The molecule has 0 atom stereocenters. The van der Waals surface area contributed by atoms with Gasteiger partial charge in [0.15, 0.2) is 6.61 Å². The molecule has 0 saturated heterocycles. The van der Waals surface area contributed by atoms with E-state index in [0.717, 1.165) is 15.6 Å². The van der Waals surface area contributed by atoms with Crippen LogP contribution in [0.3, 0.4) is 0 Å². The largest absolute Gasteiger partial charge is 0.483 e. The van der Waals surface area contributed by atoms with Crippen molar-refractivity contribution < 1.29 is 14.3 Å². The van der Waals surface area contributed by atoms with E-state index in [1.165, 1.54) is 0 Å². The predicted molar refractivity (Wildman–Crippen MR) is 110 cm³/mol. The average molecular weight is 454 g/mol. The number of hydrogen-bond donors (Lipinski definition) is 2. The van der Waals surface area contributed by atoms with E-state index in [2.05, 4.69) is 47.6 Å². The van der Waals surface area contributed by atoms with E-state index in [1.54, 1.807) is 24.3 Å². The zero-order valence-electron chi connectivity index (χ0n) is 15.4. The van der Waals surface area contributed by atoms with Gasteiger partial charge in [-0.05, 0) is 56.7 Å². The van der Waals surface area contributed by atoms with Crippen molar-refractivity contribution in [2.75, 3.05) is 6.61 Å². The van der Waals surface area contributed by atoms with Gasteiger partial charge in [-0.2, -0.15) is 0 Å². The molecule has 0 radical (unpaired) electrons. The summed E-state index contributed by atoms with van der Waals surface area (Å²) in [7, 11) is 0. The molecule has 144 valence electrons. The van der Waals surface area contributed by atoms with Crippen LogP contribution >= 0.6 is 27.5 Å². The van der Waals surface area contributed by atoms with Crippen molar-refractivity contribution in [3.8, 4) is 5.75 Å². The molecule has 0 aliphatic heterocycles. The summed E-state index contributed by atoms with van der Waals surface area (Å²) in [6.45, 7) is 6.15. The van der Waals surface area contributed by atoms with Crippen LogP contribution in [0, 0.1) is 0 Å². The number of halogens is 2. The first-order valence-corrected chi connectivity index (χ1v) is 9.57. The van der Waals surface area contributed by atoms with E-state index in [-0.39, 0.29) is 24.3 Å².